The SMILES string of the molecule is C#CCN(CCC)CCC1CCCN1. The van der Waals surface area contributed by atoms with E-state index in [0.717, 1.165) is 25.7 Å². The van der Waals surface area contributed by atoms with Crippen molar-refractivity contribution in [3.05, 3.63) is 0 Å². The lowest BCUT2D eigenvalue weighted by atomic mass is 10.1. The van der Waals surface area contributed by atoms with Crippen molar-refractivity contribution < 1.29 is 0 Å². The fraction of sp³-hybridized carbons (Fsp3) is 0.833. The van der Waals surface area contributed by atoms with Crippen LogP contribution in [0, 0.1) is 12.3 Å². The molecule has 1 fully saturated rings. The summed E-state index contributed by atoms with van der Waals surface area (Å²) in [6.07, 6.45) is 10.5. The van der Waals surface area contributed by atoms with Crippen molar-refractivity contribution in [1.29, 1.82) is 0 Å². The lowest BCUT2D eigenvalue weighted by Crippen LogP contribution is -2.31. The minimum atomic E-state index is 0.743. The van der Waals surface area contributed by atoms with Crippen molar-refractivity contribution in [2.75, 3.05) is 26.2 Å². The van der Waals surface area contributed by atoms with Gasteiger partial charge in [-0.1, -0.05) is 12.8 Å². The summed E-state index contributed by atoms with van der Waals surface area (Å²) in [7, 11) is 0. The first-order valence-corrected chi connectivity index (χ1v) is 5.76. The van der Waals surface area contributed by atoms with Crippen molar-refractivity contribution in [2.24, 2.45) is 0 Å². The van der Waals surface area contributed by atoms with Crippen LogP contribution < -0.4 is 5.32 Å². The fourth-order valence-corrected chi connectivity index (χ4v) is 2.06. The molecule has 0 bridgehead atoms. The highest BCUT2D eigenvalue weighted by Gasteiger charge is 2.14. The average molecular weight is 194 g/mol. The van der Waals surface area contributed by atoms with E-state index >= 15 is 0 Å². The Morgan fingerprint density at radius 1 is 1.50 bits per heavy atom. The maximum atomic E-state index is 5.34. The molecular formula is C12H22N2. The highest BCUT2D eigenvalue weighted by Crippen LogP contribution is 2.09. The highest BCUT2D eigenvalue weighted by atomic mass is 15.1. The summed E-state index contributed by atoms with van der Waals surface area (Å²) < 4.78 is 0. The molecule has 1 saturated heterocycles. The van der Waals surface area contributed by atoms with E-state index in [1.807, 2.05) is 0 Å². The molecule has 1 atom stereocenters. The summed E-state index contributed by atoms with van der Waals surface area (Å²) in [5, 5.41) is 3.52. The number of nitrogens with one attached hydrogen (secondary N) is 1. The van der Waals surface area contributed by atoms with E-state index < -0.39 is 0 Å². The normalized spacial score (nSPS) is 21.4. The van der Waals surface area contributed by atoms with Crippen LogP contribution in [0.15, 0.2) is 0 Å². The topological polar surface area (TPSA) is 15.3 Å². The predicted octanol–water partition coefficient (Wildman–Crippen LogP) is 1.47. The zero-order chi connectivity index (χ0) is 10.2. The Balaban J connectivity index is 2.14. The van der Waals surface area contributed by atoms with E-state index in [9.17, 15) is 0 Å². The van der Waals surface area contributed by atoms with Gasteiger partial charge in [0.15, 0.2) is 0 Å². The van der Waals surface area contributed by atoms with Gasteiger partial charge in [-0.15, -0.1) is 6.42 Å². The van der Waals surface area contributed by atoms with Crippen LogP contribution in [0.25, 0.3) is 0 Å². The molecule has 80 valence electrons. The van der Waals surface area contributed by atoms with Gasteiger partial charge in [-0.3, -0.25) is 4.90 Å². The molecule has 0 aliphatic carbocycles. The largest absolute Gasteiger partial charge is 0.314 e. The molecule has 14 heavy (non-hydrogen) atoms. The molecule has 0 aromatic carbocycles. The van der Waals surface area contributed by atoms with Crippen molar-refractivity contribution >= 4 is 0 Å². The minimum absolute atomic E-state index is 0.743. The van der Waals surface area contributed by atoms with Crippen LogP contribution in [0.2, 0.25) is 0 Å². The van der Waals surface area contributed by atoms with Gasteiger partial charge in [0.25, 0.3) is 0 Å². The first kappa shape index (κ1) is 11.6. The van der Waals surface area contributed by atoms with Gasteiger partial charge in [-0.05, 0) is 38.8 Å². The molecule has 0 saturated carbocycles. The lowest BCUT2D eigenvalue weighted by molar-refractivity contribution is 0.289. The third-order valence-electron chi connectivity index (χ3n) is 2.81. The quantitative estimate of drug-likeness (QED) is 0.644. The molecule has 2 heteroatoms. The first-order chi connectivity index (χ1) is 6.86. The number of hydrogen-bond donors (Lipinski definition) is 1. The molecule has 1 heterocycles. The van der Waals surface area contributed by atoms with Gasteiger partial charge in [-0.25, -0.2) is 0 Å². The molecule has 0 spiro atoms. The first-order valence-electron chi connectivity index (χ1n) is 5.76. The summed E-state index contributed by atoms with van der Waals surface area (Å²) in [6.45, 7) is 6.50. The molecule has 0 amide bonds. The molecule has 0 radical (unpaired) electrons. The third-order valence-corrected chi connectivity index (χ3v) is 2.81. The lowest BCUT2D eigenvalue weighted by Gasteiger charge is -2.20. The summed E-state index contributed by atoms with van der Waals surface area (Å²) in [5.41, 5.74) is 0. The molecular weight excluding hydrogens is 172 g/mol. The molecule has 1 N–H and O–H groups in total. The van der Waals surface area contributed by atoms with Gasteiger partial charge >= 0.3 is 0 Å². The van der Waals surface area contributed by atoms with Gasteiger partial charge in [0, 0.05) is 12.6 Å². The molecule has 0 aromatic rings. The van der Waals surface area contributed by atoms with Gasteiger partial charge < -0.3 is 5.32 Å². The zero-order valence-electron chi connectivity index (χ0n) is 9.26. The molecule has 2 nitrogen and oxygen atoms in total. The van der Waals surface area contributed by atoms with E-state index in [-0.39, 0.29) is 0 Å². The molecule has 1 rings (SSSR count). The number of hydrogen-bond acceptors (Lipinski definition) is 2. The Hall–Kier alpha value is -0.520. The Morgan fingerprint density at radius 3 is 2.93 bits per heavy atom. The van der Waals surface area contributed by atoms with Gasteiger partial charge in [0.1, 0.15) is 0 Å². The highest BCUT2D eigenvalue weighted by molar-refractivity contribution is 4.88. The van der Waals surface area contributed by atoms with Gasteiger partial charge in [0.05, 0.1) is 6.54 Å². The van der Waals surface area contributed by atoms with Gasteiger partial charge in [0.2, 0.25) is 0 Å². The summed E-state index contributed by atoms with van der Waals surface area (Å²) in [4.78, 5) is 2.38. The second-order valence-electron chi connectivity index (χ2n) is 4.06. The second-order valence-corrected chi connectivity index (χ2v) is 4.06. The monoisotopic (exact) mass is 194 g/mol. The van der Waals surface area contributed by atoms with E-state index in [0.29, 0.717) is 0 Å². The van der Waals surface area contributed by atoms with Gasteiger partial charge in [-0.2, -0.15) is 0 Å². The summed E-state index contributed by atoms with van der Waals surface area (Å²) in [5.74, 6) is 2.73. The minimum Gasteiger partial charge on any atom is -0.314 e. The summed E-state index contributed by atoms with van der Waals surface area (Å²) in [6, 6.07) is 0.743. The van der Waals surface area contributed by atoms with Crippen LogP contribution in [0.3, 0.4) is 0 Å². The van der Waals surface area contributed by atoms with Crippen molar-refractivity contribution in [3.8, 4) is 12.3 Å². The molecule has 0 aromatic heterocycles. The number of rotatable bonds is 6. The van der Waals surface area contributed by atoms with Crippen molar-refractivity contribution in [1.82, 2.24) is 10.2 Å². The van der Waals surface area contributed by atoms with E-state index in [2.05, 4.69) is 23.1 Å². The Kier molecular flexibility index (Phi) is 5.66. The van der Waals surface area contributed by atoms with Crippen LogP contribution in [0.1, 0.15) is 32.6 Å². The maximum absolute atomic E-state index is 5.34. The van der Waals surface area contributed by atoms with Crippen LogP contribution in [-0.4, -0.2) is 37.1 Å². The molecule has 1 aliphatic heterocycles. The van der Waals surface area contributed by atoms with Crippen molar-refractivity contribution in [3.63, 3.8) is 0 Å². The zero-order valence-corrected chi connectivity index (χ0v) is 9.26. The Morgan fingerprint density at radius 2 is 2.36 bits per heavy atom. The Bertz CT molecular complexity index is 177. The summed E-state index contributed by atoms with van der Waals surface area (Å²) >= 11 is 0. The van der Waals surface area contributed by atoms with Crippen LogP contribution >= 0.6 is 0 Å². The van der Waals surface area contributed by atoms with Crippen molar-refractivity contribution in [2.45, 2.75) is 38.6 Å². The van der Waals surface area contributed by atoms with Crippen LogP contribution in [-0.2, 0) is 0 Å². The van der Waals surface area contributed by atoms with Crippen LogP contribution in [0.4, 0.5) is 0 Å². The molecule has 1 unspecified atom stereocenters. The van der Waals surface area contributed by atoms with E-state index in [4.69, 9.17) is 6.42 Å². The smallest absolute Gasteiger partial charge is 0.0598 e. The Labute approximate surface area is 88.1 Å². The average Bonchev–Trinajstić information content (AvgIpc) is 2.67. The fourth-order valence-electron chi connectivity index (χ4n) is 2.06. The number of nitrogens with zero attached hydrogens (tertiary/aromatic N) is 1. The number of terminal acetylenes is 1. The second kappa shape index (κ2) is 6.86. The molecule has 1 aliphatic rings. The standard InChI is InChI=1S/C12H22N2/c1-3-9-14(10-4-2)11-7-12-6-5-8-13-12/h1,12-13H,4-11H2,2H3. The predicted molar refractivity (Wildman–Crippen MR) is 61.2 cm³/mol. The van der Waals surface area contributed by atoms with E-state index in [1.165, 1.54) is 32.2 Å². The maximum Gasteiger partial charge on any atom is 0.0598 e. The third kappa shape index (κ3) is 4.13. The van der Waals surface area contributed by atoms with Crippen LogP contribution in [0.5, 0.6) is 0 Å². The van der Waals surface area contributed by atoms with E-state index in [1.54, 1.807) is 0 Å².